The molecule has 2 N–H and O–H groups in total. The van der Waals surface area contributed by atoms with Crippen LogP contribution < -0.4 is 0 Å². The van der Waals surface area contributed by atoms with Gasteiger partial charge in [-0.3, -0.25) is 4.70 Å². The van der Waals surface area contributed by atoms with Crippen molar-refractivity contribution in [1.82, 2.24) is 0 Å². The molecule has 0 spiro atoms. The van der Waals surface area contributed by atoms with Gasteiger partial charge >= 0.3 is 0 Å². The lowest BCUT2D eigenvalue weighted by molar-refractivity contribution is 0.492. The Morgan fingerprint density at radius 1 is 1.08 bits per heavy atom. The Kier molecular flexibility index (Phi) is 42.4. The maximum absolute atomic E-state index is 2.33. The molecule has 0 aliphatic heterocycles. The van der Waals surface area contributed by atoms with Gasteiger partial charge in [0, 0.05) is 0 Å². The van der Waals surface area contributed by atoms with Gasteiger partial charge in [0.1, 0.15) is 0 Å². The lowest BCUT2D eigenvalue weighted by atomic mass is 10.0. The highest BCUT2D eigenvalue weighted by atomic mass is 19.0. The first-order chi connectivity index (χ1) is 4.81. The molecule has 0 aromatic carbocycles. The van der Waals surface area contributed by atoms with Gasteiger partial charge in [0.2, 0.25) is 0 Å². The molecule has 1 nitrogen and oxygen atoms in total. The molecule has 2 heteroatoms. The number of rotatable bonds is 4. The van der Waals surface area contributed by atoms with Gasteiger partial charge in [-0.2, -0.15) is 0 Å². The minimum absolute atomic E-state index is 0. The van der Waals surface area contributed by atoms with E-state index >= 15 is 0 Å². The highest BCUT2D eigenvalue weighted by Crippen LogP contribution is 2.09. The van der Waals surface area contributed by atoms with Crippen molar-refractivity contribution in [2.24, 2.45) is 5.92 Å². The predicted octanol–water partition coefficient (Wildman–Crippen LogP) is 3.58. The van der Waals surface area contributed by atoms with Crippen molar-refractivity contribution in [2.75, 3.05) is 0 Å². The van der Waals surface area contributed by atoms with Crippen LogP contribution in [0, 0.1) is 5.92 Å². The molecule has 0 heterocycles. The fraction of sp³-hybridized carbons (Fsp3) is 1.00. The highest BCUT2D eigenvalue weighted by Gasteiger charge is 1.94. The highest BCUT2D eigenvalue weighted by molar-refractivity contribution is 4.47. The molecule has 0 aliphatic rings. The van der Waals surface area contributed by atoms with Crippen LogP contribution in [0.4, 0.5) is 4.70 Å². The Bertz CT molecular complexity index is 49.1. The van der Waals surface area contributed by atoms with Crippen molar-refractivity contribution in [3.8, 4) is 0 Å². The molecule has 1 unspecified atom stereocenters. The number of hydrogen-bond donors (Lipinski definition) is 0. The molecule has 0 aromatic rings. The Hall–Kier alpha value is -0.110. The maximum Gasteiger partial charge on any atom is -0.0445 e. The van der Waals surface area contributed by atoms with E-state index < -0.39 is 0 Å². The lowest BCUT2D eigenvalue weighted by Crippen LogP contribution is -1.89. The van der Waals surface area contributed by atoms with Crippen LogP contribution >= 0.6 is 0 Å². The average Bonchev–Trinajstić information content (AvgIpc) is 2.04. The van der Waals surface area contributed by atoms with E-state index in [1.807, 2.05) is 13.8 Å². The number of hydrogen-bond acceptors (Lipinski definition) is 0. The first-order valence-corrected chi connectivity index (χ1v) is 4.81. The molecular formula is C10H27FO. The van der Waals surface area contributed by atoms with Crippen molar-refractivity contribution in [1.29, 1.82) is 0 Å². The van der Waals surface area contributed by atoms with Crippen LogP contribution in [-0.4, -0.2) is 5.48 Å². The van der Waals surface area contributed by atoms with Gasteiger partial charge < -0.3 is 5.48 Å². The minimum atomic E-state index is 0. The Morgan fingerprint density at radius 3 is 1.75 bits per heavy atom. The molecule has 0 bridgehead atoms. The van der Waals surface area contributed by atoms with E-state index in [2.05, 4.69) is 20.8 Å². The molecule has 0 saturated heterocycles. The van der Waals surface area contributed by atoms with E-state index in [0.717, 1.165) is 5.92 Å². The summed E-state index contributed by atoms with van der Waals surface area (Å²) < 4.78 is 0. The van der Waals surface area contributed by atoms with Crippen molar-refractivity contribution in [3.63, 3.8) is 0 Å². The zero-order valence-electron chi connectivity index (χ0n) is 9.31. The molecule has 0 amide bonds. The van der Waals surface area contributed by atoms with Crippen molar-refractivity contribution < 1.29 is 10.2 Å². The molecular weight excluding hydrogens is 155 g/mol. The zero-order valence-corrected chi connectivity index (χ0v) is 9.31. The van der Waals surface area contributed by atoms with Crippen LogP contribution in [0.1, 0.15) is 60.3 Å². The van der Waals surface area contributed by atoms with Crippen LogP contribution in [0.5, 0.6) is 0 Å². The fourth-order valence-corrected chi connectivity index (χ4v) is 0.757. The SMILES string of the molecule is CC.CCCCC(C)CC.F.O. The summed E-state index contributed by atoms with van der Waals surface area (Å²) in [5.41, 5.74) is 0. The van der Waals surface area contributed by atoms with Crippen molar-refractivity contribution in [3.05, 3.63) is 0 Å². The van der Waals surface area contributed by atoms with Crippen LogP contribution in [-0.2, 0) is 0 Å². The summed E-state index contributed by atoms with van der Waals surface area (Å²) >= 11 is 0. The van der Waals surface area contributed by atoms with Crippen LogP contribution in [0.15, 0.2) is 0 Å². The van der Waals surface area contributed by atoms with Crippen LogP contribution in [0.3, 0.4) is 0 Å². The monoisotopic (exact) mass is 182 g/mol. The van der Waals surface area contributed by atoms with E-state index in [4.69, 9.17) is 0 Å². The molecule has 80 valence electrons. The molecule has 0 radical (unpaired) electrons. The van der Waals surface area contributed by atoms with Crippen molar-refractivity contribution in [2.45, 2.75) is 60.3 Å². The summed E-state index contributed by atoms with van der Waals surface area (Å²) in [6.45, 7) is 10.8. The molecule has 0 saturated carbocycles. The summed E-state index contributed by atoms with van der Waals surface area (Å²) in [5.74, 6) is 0.954. The zero-order chi connectivity index (χ0) is 8.41. The Morgan fingerprint density at radius 2 is 1.50 bits per heavy atom. The second kappa shape index (κ2) is 22.4. The molecule has 0 rings (SSSR count). The van der Waals surface area contributed by atoms with Crippen LogP contribution in [0.2, 0.25) is 0 Å². The van der Waals surface area contributed by atoms with E-state index in [1.165, 1.54) is 25.7 Å². The van der Waals surface area contributed by atoms with Crippen LogP contribution in [0.25, 0.3) is 0 Å². The average molecular weight is 182 g/mol. The normalized spacial score (nSPS) is 9.75. The predicted molar refractivity (Wildman–Crippen MR) is 56.4 cm³/mol. The van der Waals surface area contributed by atoms with Gasteiger partial charge in [-0.15, -0.1) is 0 Å². The third kappa shape index (κ3) is 22.5. The van der Waals surface area contributed by atoms with Gasteiger partial charge in [-0.1, -0.05) is 60.3 Å². The summed E-state index contributed by atoms with van der Waals surface area (Å²) in [4.78, 5) is 0. The minimum Gasteiger partial charge on any atom is -0.412 e. The van der Waals surface area contributed by atoms with Gasteiger partial charge in [-0.05, 0) is 5.92 Å². The first-order valence-electron chi connectivity index (χ1n) is 4.81. The van der Waals surface area contributed by atoms with Gasteiger partial charge in [-0.25, -0.2) is 0 Å². The van der Waals surface area contributed by atoms with E-state index in [0.29, 0.717) is 0 Å². The molecule has 12 heavy (non-hydrogen) atoms. The molecule has 1 atom stereocenters. The largest absolute Gasteiger partial charge is 0.412 e. The second-order valence-electron chi connectivity index (χ2n) is 2.66. The summed E-state index contributed by atoms with van der Waals surface area (Å²) in [6.07, 6.45) is 5.53. The summed E-state index contributed by atoms with van der Waals surface area (Å²) in [5, 5.41) is 0. The lowest BCUT2D eigenvalue weighted by Gasteiger charge is -2.04. The second-order valence-corrected chi connectivity index (χ2v) is 2.66. The topological polar surface area (TPSA) is 31.5 Å². The summed E-state index contributed by atoms with van der Waals surface area (Å²) in [7, 11) is 0. The fourth-order valence-electron chi connectivity index (χ4n) is 0.757. The number of unbranched alkanes of at least 4 members (excludes halogenated alkanes) is 1. The molecule has 0 aliphatic carbocycles. The first kappa shape index (κ1) is 22.7. The third-order valence-corrected chi connectivity index (χ3v) is 1.75. The van der Waals surface area contributed by atoms with Gasteiger partial charge in [0.15, 0.2) is 0 Å². The van der Waals surface area contributed by atoms with E-state index in [-0.39, 0.29) is 10.2 Å². The standard InChI is InChI=1S/C8H18.C2H6.FH.H2O/c1-4-6-7-8(3)5-2;1-2;;/h8H,4-7H2,1-3H3;1-2H3;1H;1H2. The quantitative estimate of drug-likeness (QED) is 0.636. The number of halogens is 1. The Balaban J connectivity index is -0.0000000740. The maximum atomic E-state index is 2.33. The van der Waals surface area contributed by atoms with E-state index in [9.17, 15) is 0 Å². The van der Waals surface area contributed by atoms with Gasteiger partial charge in [0.05, 0.1) is 0 Å². The smallest absolute Gasteiger partial charge is 0.0445 e. The van der Waals surface area contributed by atoms with E-state index in [1.54, 1.807) is 0 Å². The van der Waals surface area contributed by atoms with Crippen molar-refractivity contribution >= 4 is 0 Å². The Labute approximate surface area is 77.2 Å². The third-order valence-electron chi connectivity index (χ3n) is 1.75. The molecule has 0 aromatic heterocycles. The van der Waals surface area contributed by atoms with Gasteiger partial charge in [0.25, 0.3) is 0 Å². The summed E-state index contributed by atoms with van der Waals surface area (Å²) in [6, 6.07) is 0. The molecule has 0 fully saturated rings.